The van der Waals surface area contributed by atoms with Crippen LogP contribution < -0.4 is 0 Å². The lowest BCUT2D eigenvalue weighted by Crippen LogP contribution is -2.40. The molecule has 3 atom stereocenters. The van der Waals surface area contributed by atoms with Gasteiger partial charge in [-0.05, 0) is 37.5 Å². The molecule has 2 fully saturated rings. The van der Waals surface area contributed by atoms with E-state index in [2.05, 4.69) is 17.1 Å². The van der Waals surface area contributed by atoms with Crippen molar-refractivity contribution in [3.8, 4) is 0 Å². The Kier molecular flexibility index (Phi) is 2.30. The van der Waals surface area contributed by atoms with Crippen LogP contribution in [0.2, 0.25) is 0 Å². The molecule has 88 valence electrons. The Bertz CT molecular complexity index is 387. The molecule has 2 aliphatic carbocycles. The number of aryl methyl sites for hydroxylation is 1. The summed E-state index contributed by atoms with van der Waals surface area (Å²) >= 11 is 0. The summed E-state index contributed by atoms with van der Waals surface area (Å²) in [6.07, 6.45) is 7.82. The minimum atomic E-state index is 0.233. The molecule has 16 heavy (non-hydrogen) atoms. The summed E-state index contributed by atoms with van der Waals surface area (Å²) in [6.45, 7) is 4.29. The van der Waals surface area contributed by atoms with E-state index in [9.17, 15) is 0 Å². The van der Waals surface area contributed by atoms with Crippen LogP contribution in [-0.2, 0) is 5.41 Å². The van der Waals surface area contributed by atoms with Gasteiger partial charge in [0, 0.05) is 12.3 Å². The monoisotopic (exact) mass is 220 g/mol. The molecule has 0 spiro atoms. The SMILES string of the molecule is Cc1nnc(C23CCCC(C2)C(C)CC3)o1. The molecule has 0 aromatic carbocycles. The normalized spacial score (nSPS) is 38.6. The van der Waals surface area contributed by atoms with E-state index in [1.807, 2.05) is 6.92 Å². The van der Waals surface area contributed by atoms with Crippen LogP contribution in [-0.4, -0.2) is 10.2 Å². The van der Waals surface area contributed by atoms with Crippen LogP contribution in [0.15, 0.2) is 4.42 Å². The maximum atomic E-state index is 5.71. The third-order valence-corrected chi connectivity index (χ3v) is 4.75. The lowest BCUT2D eigenvalue weighted by Gasteiger charge is -2.45. The maximum Gasteiger partial charge on any atom is 0.222 e. The van der Waals surface area contributed by atoms with Crippen molar-refractivity contribution in [1.29, 1.82) is 0 Å². The summed E-state index contributed by atoms with van der Waals surface area (Å²) in [5.74, 6) is 3.40. The molecule has 2 bridgehead atoms. The lowest BCUT2D eigenvalue weighted by molar-refractivity contribution is 0.0800. The molecule has 1 aromatic rings. The van der Waals surface area contributed by atoms with Crippen LogP contribution in [0.3, 0.4) is 0 Å². The van der Waals surface area contributed by atoms with Crippen molar-refractivity contribution in [3.63, 3.8) is 0 Å². The van der Waals surface area contributed by atoms with Crippen LogP contribution in [0.5, 0.6) is 0 Å². The summed E-state index contributed by atoms with van der Waals surface area (Å²) in [4.78, 5) is 0. The fraction of sp³-hybridized carbons (Fsp3) is 0.846. The second kappa shape index (κ2) is 3.57. The highest BCUT2D eigenvalue weighted by Gasteiger charge is 2.46. The first-order valence-corrected chi connectivity index (χ1v) is 6.50. The van der Waals surface area contributed by atoms with E-state index >= 15 is 0 Å². The number of hydrogen-bond donors (Lipinski definition) is 0. The largest absolute Gasteiger partial charge is 0.425 e. The molecule has 3 heteroatoms. The van der Waals surface area contributed by atoms with Gasteiger partial charge in [-0.15, -0.1) is 10.2 Å². The molecule has 1 aromatic heterocycles. The van der Waals surface area contributed by atoms with E-state index < -0.39 is 0 Å². The van der Waals surface area contributed by atoms with Crippen molar-refractivity contribution in [2.75, 3.05) is 0 Å². The molecule has 0 saturated heterocycles. The van der Waals surface area contributed by atoms with Gasteiger partial charge in [0.05, 0.1) is 0 Å². The third-order valence-electron chi connectivity index (χ3n) is 4.75. The molecule has 0 N–H and O–H groups in total. The molecule has 0 aliphatic heterocycles. The minimum Gasteiger partial charge on any atom is -0.425 e. The van der Waals surface area contributed by atoms with Crippen molar-refractivity contribution in [2.24, 2.45) is 11.8 Å². The Morgan fingerprint density at radius 3 is 2.88 bits per heavy atom. The fourth-order valence-electron chi connectivity index (χ4n) is 3.67. The number of fused-ring (bicyclic) bond motifs is 2. The van der Waals surface area contributed by atoms with Gasteiger partial charge in [-0.1, -0.05) is 19.8 Å². The Morgan fingerprint density at radius 2 is 2.12 bits per heavy atom. The van der Waals surface area contributed by atoms with Gasteiger partial charge >= 0.3 is 0 Å². The predicted octanol–water partition coefficient (Wildman–Crippen LogP) is 3.24. The first-order chi connectivity index (χ1) is 7.70. The minimum absolute atomic E-state index is 0.233. The highest BCUT2D eigenvalue weighted by Crippen LogP contribution is 2.51. The van der Waals surface area contributed by atoms with E-state index in [1.165, 1.54) is 38.5 Å². The quantitative estimate of drug-likeness (QED) is 0.729. The Morgan fingerprint density at radius 1 is 1.25 bits per heavy atom. The number of hydrogen-bond acceptors (Lipinski definition) is 3. The molecule has 0 radical (unpaired) electrons. The van der Waals surface area contributed by atoms with Gasteiger partial charge in [-0.2, -0.15) is 0 Å². The summed E-state index contributed by atoms with van der Waals surface area (Å²) < 4.78 is 5.71. The van der Waals surface area contributed by atoms with E-state index in [1.54, 1.807) is 0 Å². The van der Waals surface area contributed by atoms with Crippen molar-refractivity contribution < 1.29 is 4.42 Å². The average Bonchev–Trinajstić information content (AvgIpc) is 2.72. The van der Waals surface area contributed by atoms with E-state index in [0.29, 0.717) is 5.89 Å². The maximum absolute atomic E-state index is 5.71. The van der Waals surface area contributed by atoms with Crippen molar-refractivity contribution in [2.45, 2.75) is 57.8 Å². The van der Waals surface area contributed by atoms with Gasteiger partial charge in [-0.3, -0.25) is 0 Å². The van der Waals surface area contributed by atoms with Crippen LogP contribution in [0.1, 0.15) is 57.2 Å². The number of aromatic nitrogens is 2. The lowest BCUT2D eigenvalue weighted by atomic mass is 9.59. The molecule has 1 heterocycles. The Hall–Kier alpha value is -0.860. The molecule has 3 rings (SSSR count). The summed E-state index contributed by atoms with van der Waals surface area (Å²) in [7, 11) is 0. The van der Waals surface area contributed by atoms with E-state index in [-0.39, 0.29) is 5.41 Å². The highest BCUT2D eigenvalue weighted by molar-refractivity contribution is 5.09. The van der Waals surface area contributed by atoms with Gasteiger partial charge in [0.2, 0.25) is 11.8 Å². The zero-order chi connectivity index (χ0) is 11.2. The van der Waals surface area contributed by atoms with Crippen LogP contribution in [0.25, 0.3) is 0 Å². The molecule has 0 amide bonds. The Balaban J connectivity index is 1.92. The number of nitrogens with zero attached hydrogens (tertiary/aromatic N) is 2. The average molecular weight is 220 g/mol. The second-order valence-electron chi connectivity index (χ2n) is 5.78. The zero-order valence-electron chi connectivity index (χ0n) is 10.2. The molecule has 2 saturated carbocycles. The van der Waals surface area contributed by atoms with Gasteiger partial charge in [-0.25, -0.2) is 0 Å². The van der Waals surface area contributed by atoms with Crippen molar-refractivity contribution >= 4 is 0 Å². The molecule has 2 aliphatic rings. The smallest absolute Gasteiger partial charge is 0.222 e. The van der Waals surface area contributed by atoms with Crippen molar-refractivity contribution in [1.82, 2.24) is 10.2 Å². The van der Waals surface area contributed by atoms with Gasteiger partial charge in [0.1, 0.15) is 0 Å². The van der Waals surface area contributed by atoms with Crippen LogP contribution in [0.4, 0.5) is 0 Å². The zero-order valence-corrected chi connectivity index (χ0v) is 10.2. The predicted molar refractivity (Wildman–Crippen MR) is 61.1 cm³/mol. The van der Waals surface area contributed by atoms with E-state index in [4.69, 9.17) is 4.42 Å². The molecule has 3 nitrogen and oxygen atoms in total. The topological polar surface area (TPSA) is 38.9 Å². The summed E-state index contributed by atoms with van der Waals surface area (Å²) in [6, 6.07) is 0. The standard InChI is InChI=1S/C13H20N2O/c1-9-5-7-13(6-3-4-11(9)8-13)12-15-14-10(2)16-12/h9,11H,3-8H2,1-2H3. The van der Waals surface area contributed by atoms with E-state index in [0.717, 1.165) is 17.7 Å². The summed E-state index contributed by atoms with van der Waals surface area (Å²) in [5.41, 5.74) is 0.233. The first-order valence-electron chi connectivity index (χ1n) is 6.50. The van der Waals surface area contributed by atoms with Gasteiger partial charge in [0.15, 0.2) is 0 Å². The highest BCUT2D eigenvalue weighted by atomic mass is 16.4. The van der Waals surface area contributed by atoms with Crippen LogP contribution in [0, 0.1) is 18.8 Å². The van der Waals surface area contributed by atoms with Gasteiger partial charge < -0.3 is 4.42 Å². The second-order valence-corrected chi connectivity index (χ2v) is 5.78. The van der Waals surface area contributed by atoms with Crippen LogP contribution >= 0.6 is 0 Å². The molecule has 3 unspecified atom stereocenters. The van der Waals surface area contributed by atoms with Crippen molar-refractivity contribution in [3.05, 3.63) is 11.8 Å². The summed E-state index contributed by atoms with van der Waals surface area (Å²) in [5, 5.41) is 8.30. The first kappa shape index (κ1) is 10.3. The third kappa shape index (κ3) is 1.48. The number of rotatable bonds is 1. The van der Waals surface area contributed by atoms with Gasteiger partial charge in [0.25, 0.3) is 0 Å². The Labute approximate surface area is 96.6 Å². The molecular weight excluding hydrogens is 200 g/mol. The fourth-order valence-corrected chi connectivity index (χ4v) is 3.67. The molecular formula is C13H20N2O.